The van der Waals surface area contributed by atoms with Gasteiger partial charge in [0.05, 0.1) is 5.41 Å². The number of anilines is 1. The molecule has 2 aliphatic carbocycles. The zero-order valence-corrected chi connectivity index (χ0v) is 16.5. The van der Waals surface area contributed by atoms with Gasteiger partial charge >= 0.3 is 0 Å². The van der Waals surface area contributed by atoms with E-state index in [4.69, 9.17) is 15.6 Å². The fraction of sp³-hybridized carbons (Fsp3) is 0.192. The van der Waals surface area contributed by atoms with Crippen LogP contribution in [0.3, 0.4) is 0 Å². The van der Waals surface area contributed by atoms with Crippen LogP contribution in [0.2, 0.25) is 0 Å². The van der Waals surface area contributed by atoms with Crippen molar-refractivity contribution in [1.82, 2.24) is 0 Å². The summed E-state index contributed by atoms with van der Waals surface area (Å²) in [5, 5.41) is 9.40. The highest BCUT2D eigenvalue weighted by atomic mass is 16.3. The first-order valence-electron chi connectivity index (χ1n) is 10.1. The number of hydrogen-bond donors (Lipinski definition) is 2. The topological polar surface area (TPSA) is 63.0 Å². The molecule has 0 aliphatic heterocycles. The molecule has 0 spiro atoms. The van der Waals surface area contributed by atoms with Crippen LogP contribution in [0.1, 0.15) is 48.1 Å². The Morgan fingerprint density at radius 1 is 1.17 bits per heavy atom. The summed E-state index contributed by atoms with van der Waals surface area (Å²) in [4.78, 5) is 0. The van der Waals surface area contributed by atoms with Crippen LogP contribution in [0.25, 0.3) is 22.6 Å². The van der Waals surface area contributed by atoms with E-state index in [0.717, 1.165) is 46.6 Å². The molecule has 1 heterocycles. The number of nitrogen functional groups attached to an aromatic ring is 1. The number of benzene rings is 2. The zero-order chi connectivity index (χ0) is 20.0. The molecule has 3 heteroatoms. The summed E-state index contributed by atoms with van der Waals surface area (Å²) in [5.74, 6) is 1.41. The monoisotopic (exact) mass is 380 g/mol. The summed E-state index contributed by atoms with van der Waals surface area (Å²) in [6.07, 6.45) is 14.0. The van der Waals surface area contributed by atoms with E-state index in [2.05, 4.69) is 55.5 Å². The Morgan fingerprint density at radius 3 is 2.79 bits per heavy atom. The van der Waals surface area contributed by atoms with Crippen LogP contribution in [0, 0.1) is 5.41 Å². The smallest absolute Gasteiger partial charge is 0.135 e. The molecule has 0 amide bonds. The third-order valence-corrected chi connectivity index (χ3v) is 6.29. The molecule has 2 aromatic carbocycles. The number of fused-ring (bicyclic) bond motifs is 3. The number of allylic oxidation sites excluding steroid dienone is 5. The van der Waals surface area contributed by atoms with E-state index in [1.165, 1.54) is 10.9 Å². The highest BCUT2D eigenvalue weighted by molar-refractivity contribution is 5.90. The van der Waals surface area contributed by atoms with Crippen molar-refractivity contribution in [3.63, 3.8) is 0 Å². The summed E-state index contributed by atoms with van der Waals surface area (Å²) in [5.41, 5.74) is 12.0. The Bertz CT molecular complexity index is 1210. The second-order valence-electron chi connectivity index (χ2n) is 8.10. The SMILES string of the molecule is CC1CC=Cc2oc3ccc([C@@]4(C=N)C=CC(c5ccccc5N)=CC4)cc3c21. The van der Waals surface area contributed by atoms with Gasteiger partial charge in [0.1, 0.15) is 11.3 Å². The third-order valence-electron chi connectivity index (χ3n) is 6.29. The second kappa shape index (κ2) is 6.63. The maximum Gasteiger partial charge on any atom is 0.135 e. The fourth-order valence-electron chi connectivity index (χ4n) is 4.57. The standard InChI is InChI=1S/C26H24N2O/c1-17-5-4-8-24-25(17)21-15-19(9-10-23(21)29-24)26(16-27)13-11-18(12-14-26)20-6-2-3-7-22(20)28/h2-4,6-13,15-17,27H,5,14,28H2,1H3/t17?,26-/m0/s1. The van der Waals surface area contributed by atoms with E-state index in [-0.39, 0.29) is 0 Å². The molecule has 2 atom stereocenters. The summed E-state index contributed by atoms with van der Waals surface area (Å²) in [7, 11) is 0. The van der Waals surface area contributed by atoms with Crippen LogP contribution in [0.5, 0.6) is 0 Å². The molecule has 1 aromatic heterocycles. The van der Waals surface area contributed by atoms with Crippen molar-refractivity contribution in [2.45, 2.75) is 31.1 Å². The lowest BCUT2D eigenvalue weighted by molar-refractivity contribution is 0.586. The first-order chi connectivity index (χ1) is 14.1. The third kappa shape index (κ3) is 2.77. The van der Waals surface area contributed by atoms with Crippen LogP contribution in [-0.2, 0) is 5.41 Å². The molecule has 29 heavy (non-hydrogen) atoms. The maximum absolute atomic E-state index is 8.23. The van der Waals surface area contributed by atoms with Gasteiger partial charge in [-0.1, -0.05) is 55.5 Å². The molecule has 2 aliphatic rings. The first-order valence-corrected chi connectivity index (χ1v) is 10.1. The number of hydrogen-bond acceptors (Lipinski definition) is 3. The van der Waals surface area contributed by atoms with Crippen LogP contribution < -0.4 is 5.73 Å². The fourth-order valence-corrected chi connectivity index (χ4v) is 4.57. The summed E-state index contributed by atoms with van der Waals surface area (Å²) in [6.45, 7) is 2.25. The van der Waals surface area contributed by atoms with Gasteiger partial charge in [-0.3, -0.25) is 0 Å². The quantitative estimate of drug-likeness (QED) is 0.404. The number of nitrogens with one attached hydrogen (secondary N) is 1. The Labute approximate surface area is 170 Å². The maximum atomic E-state index is 8.23. The Balaban J connectivity index is 1.56. The van der Waals surface area contributed by atoms with E-state index in [1.807, 2.05) is 24.3 Å². The van der Waals surface area contributed by atoms with Crippen LogP contribution in [-0.4, -0.2) is 6.21 Å². The summed E-state index contributed by atoms with van der Waals surface area (Å²) >= 11 is 0. The molecular formula is C26H24N2O. The van der Waals surface area contributed by atoms with Gasteiger partial charge in [0.25, 0.3) is 0 Å². The molecule has 0 radical (unpaired) electrons. The van der Waals surface area contributed by atoms with E-state index >= 15 is 0 Å². The molecule has 1 unspecified atom stereocenters. The van der Waals surface area contributed by atoms with E-state index in [1.54, 1.807) is 6.21 Å². The average Bonchev–Trinajstić information content (AvgIpc) is 3.13. The molecule has 0 saturated carbocycles. The normalized spacial score (nSPS) is 23.1. The number of nitrogens with two attached hydrogens (primary N) is 1. The van der Waals surface area contributed by atoms with E-state index in [9.17, 15) is 0 Å². The second-order valence-corrected chi connectivity index (χ2v) is 8.10. The van der Waals surface area contributed by atoms with Crippen molar-refractivity contribution >= 4 is 34.5 Å². The van der Waals surface area contributed by atoms with Crippen molar-refractivity contribution in [3.8, 4) is 0 Å². The van der Waals surface area contributed by atoms with Crippen molar-refractivity contribution < 1.29 is 4.42 Å². The minimum absolute atomic E-state index is 0.442. The van der Waals surface area contributed by atoms with Gasteiger partial charge in [0.2, 0.25) is 0 Å². The Morgan fingerprint density at radius 2 is 2.03 bits per heavy atom. The highest BCUT2D eigenvalue weighted by Gasteiger charge is 2.30. The van der Waals surface area contributed by atoms with Gasteiger partial charge in [-0.2, -0.15) is 0 Å². The molecule has 3 nitrogen and oxygen atoms in total. The van der Waals surface area contributed by atoms with Gasteiger partial charge in [0, 0.05) is 28.4 Å². The summed E-state index contributed by atoms with van der Waals surface area (Å²) in [6, 6.07) is 14.3. The van der Waals surface area contributed by atoms with Crippen LogP contribution in [0.4, 0.5) is 5.69 Å². The minimum Gasteiger partial charge on any atom is -0.456 e. The van der Waals surface area contributed by atoms with Crippen LogP contribution >= 0.6 is 0 Å². The van der Waals surface area contributed by atoms with Crippen molar-refractivity contribution in [2.24, 2.45) is 0 Å². The lowest BCUT2D eigenvalue weighted by Gasteiger charge is -2.29. The zero-order valence-electron chi connectivity index (χ0n) is 16.5. The average molecular weight is 380 g/mol. The molecule has 3 N–H and O–H groups in total. The Kier molecular flexibility index (Phi) is 4.06. The Hall–Kier alpha value is -3.33. The largest absolute Gasteiger partial charge is 0.456 e. The summed E-state index contributed by atoms with van der Waals surface area (Å²) < 4.78 is 6.07. The molecular weight excluding hydrogens is 356 g/mol. The molecule has 0 bridgehead atoms. The lowest BCUT2D eigenvalue weighted by atomic mass is 9.74. The van der Waals surface area contributed by atoms with Crippen LogP contribution in [0.15, 0.2) is 71.2 Å². The number of furan rings is 1. The van der Waals surface area contributed by atoms with Gasteiger partial charge in [0.15, 0.2) is 0 Å². The van der Waals surface area contributed by atoms with Gasteiger partial charge in [-0.25, -0.2) is 0 Å². The van der Waals surface area contributed by atoms with Crippen molar-refractivity contribution in [3.05, 3.63) is 89.2 Å². The van der Waals surface area contributed by atoms with E-state index < -0.39 is 5.41 Å². The predicted octanol–water partition coefficient (Wildman–Crippen LogP) is 6.47. The predicted molar refractivity (Wildman–Crippen MR) is 121 cm³/mol. The molecule has 0 saturated heterocycles. The molecule has 3 aromatic rings. The molecule has 144 valence electrons. The molecule has 0 fully saturated rings. The minimum atomic E-state index is -0.445. The van der Waals surface area contributed by atoms with Gasteiger partial charge in [-0.05, 0) is 54.2 Å². The lowest BCUT2D eigenvalue weighted by Crippen LogP contribution is -2.26. The molecule has 5 rings (SSSR count). The van der Waals surface area contributed by atoms with Gasteiger partial charge < -0.3 is 15.6 Å². The number of para-hydroxylation sites is 1. The van der Waals surface area contributed by atoms with E-state index in [0.29, 0.717) is 5.92 Å². The number of rotatable bonds is 3. The van der Waals surface area contributed by atoms with Crippen molar-refractivity contribution in [1.29, 1.82) is 5.41 Å². The van der Waals surface area contributed by atoms with Crippen molar-refractivity contribution in [2.75, 3.05) is 5.73 Å². The first kappa shape index (κ1) is 17.7. The van der Waals surface area contributed by atoms with Gasteiger partial charge in [-0.15, -0.1) is 0 Å². The highest BCUT2D eigenvalue weighted by Crippen LogP contribution is 2.41.